The normalized spacial score (nSPS) is 16.4. The molecule has 1 fully saturated rings. The second kappa shape index (κ2) is 7.43. The molecule has 2 heterocycles. The van der Waals surface area contributed by atoms with E-state index < -0.39 is 0 Å². The first-order chi connectivity index (χ1) is 9.80. The van der Waals surface area contributed by atoms with Gasteiger partial charge in [0, 0.05) is 38.3 Å². The number of aromatic nitrogens is 2. The van der Waals surface area contributed by atoms with E-state index >= 15 is 0 Å². The Hall–Kier alpha value is -1.36. The van der Waals surface area contributed by atoms with Gasteiger partial charge in [-0.15, -0.1) is 0 Å². The molecule has 20 heavy (non-hydrogen) atoms. The maximum atomic E-state index is 4.57. The molecule has 1 aliphatic heterocycles. The summed E-state index contributed by atoms with van der Waals surface area (Å²) < 4.78 is 0. The van der Waals surface area contributed by atoms with Gasteiger partial charge < -0.3 is 15.1 Å². The SMILES string of the molecule is CCCc1c(NCC)ncnc1N1CCN(CC)CC1. The van der Waals surface area contributed by atoms with Crippen LogP contribution in [0.4, 0.5) is 11.6 Å². The minimum atomic E-state index is 0.900. The van der Waals surface area contributed by atoms with Gasteiger partial charge in [-0.25, -0.2) is 9.97 Å². The van der Waals surface area contributed by atoms with Crippen molar-refractivity contribution in [3.05, 3.63) is 11.9 Å². The van der Waals surface area contributed by atoms with Crippen molar-refractivity contribution in [1.82, 2.24) is 14.9 Å². The highest BCUT2D eigenvalue weighted by Gasteiger charge is 2.21. The van der Waals surface area contributed by atoms with Crippen molar-refractivity contribution in [3.8, 4) is 0 Å². The van der Waals surface area contributed by atoms with Gasteiger partial charge in [-0.1, -0.05) is 20.3 Å². The molecule has 1 N–H and O–H groups in total. The molecule has 1 aliphatic rings. The van der Waals surface area contributed by atoms with Gasteiger partial charge in [0.1, 0.15) is 18.0 Å². The summed E-state index contributed by atoms with van der Waals surface area (Å²) in [5.41, 5.74) is 1.28. The van der Waals surface area contributed by atoms with Gasteiger partial charge in [-0.2, -0.15) is 0 Å². The van der Waals surface area contributed by atoms with Crippen LogP contribution in [0.1, 0.15) is 32.8 Å². The van der Waals surface area contributed by atoms with Crippen molar-refractivity contribution in [2.75, 3.05) is 49.5 Å². The van der Waals surface area contributed by atoms with E-state index in [1.54, 1.807) is 6.33 Å². The molecule has 2 rings (SSSR count). The number of hydrogen-bond donors (Lipinski definition) is 1. The summed E-state index contributed by atoms with van der Waals surface area (Å²) in [6.07, 6.45) is 3.85. The van der Waals surface area contributed by atoms with Crippen molar-refractivity contribution < 1.29 is 0 Å². The first-order valence-corrected chi connectivity index (χ1v) is 7.85. The van der Waals surface area contributed by atoms with Gasteiger partial charge in [0.15, 0.2) is 0 Å². The number of rotatable bonds is 6. The molecule has 0 bridgehead atoms. The first kappa shape index (κ1) is 15.0. The van der Waals surface area contributed by atoms with Crippen LogP contribution in [0.25, 0.3) is 0 Å². The number of nitrogens with one attached hydrogen (secondary N) is 1. The molecule has 0 aliphatic carbocycles. The van der Waals surface area contributed by atoms with Gasteiger partial charge >= 0.3 is 0 Å². The Morgan fingerprint density at radius 2 is 1.85 bits per heavy atom. The predicted molar refractivity (Wildman–Crippen MR) is 84.5 cm³/mol. The fraction of sp³-hybridized carbons (Fsp3) is 0.733. The van der Waals surface area contributed by atoms with Gasteiger partial charge in [0.05, 0.1) is 0 Å². The molecule has 1 aromatic heterocycles. The van der Waals surface area contributed by atoms with Gasteiger partial charge in [-0.3, -0.25) is 0 Å². The second-order valence-corrected chi connectivity index (χ2v) is 5.23. The lowest BCUT2D eigenvalue weighted by molar-refractivity contribution is 0.270. The molecule has 1 aromatic rings. The van der Waals surface area contributed by atoms with Crippen LogP contribution in [0.5, 0.6) is 0 Å². The molecule has 0 amide bonds. The van der Waals surface area contributed by atoms with Crippen LogP contribution in [-0.4, -0.2) is 54.1 Å². The summed E-state index contributed by atoms with van der Waals surface area (Å²) in [5, 5.41) is 3.37. The van der Waals surface area contributed by atoms with Gasteiger partial charge in [0.25, 0.3) is 0 Å². The Kier molecular flexibility index (Phi) is 5.59. The van der Waals surface area contributed by atoms with Crippen LogP contribution in [0.15, 0.2) is 6.33 Å². The minimum absolute atomic E-state index is 0.900. The fourth-order valence-corrected chi connectivity index (χ4v) is 2.75. The van der Waals surface area contributed by atoms with Crippen molar-refractivity contribution in [2.24, 2.45) is 0 Å². The van der Waals surface area contributed by atoms with E-state index in [0.717, 1.165) is 63.7 Å². The largest absolute Gasteiger partial charge is 0.370 e. The maximum Gasteiger partial charge on any atom is 0.137 e. The van der Waals surface area contributed by atoms with E-state index in [9.17, 15) is 0 Å². The van der Waals surface area contributed by atoms with Crippen molar-refractivity contribution in [2.45, 2.75) is 33.6 Å². The number of piperazine rings is 1. The smallest absolute Gasteiger partial charge is 0.137 e. The Balaban J connectivity index is 2.19. The standard InChI is InChI=1S/C15H27N5/c1-4-7-13-14(16-5-2)17-12-18-15(13)20-10-8-19(6-3)9-11-20/h12H,4-11H2,1-3H3,(H,16,17,18). The molecule has 0 spiro atoms. The minimum Gasteiger partial charge on any atom is -0.370 e. The molecule has 5 nitrogen and oxygen atoms in total. The fourth-order valence-electron chi connectivity index (χ4n) is 2.75. The second-order valence-electron chi connectivity index (χ2n) is 5.23. The summed E-state index contributed by atoms with van der Waals surface area (Å²) in [6.45, 7) is 13.0. The molecule has 1 saturated heterocycles. The molecule has 0 radical (unpaired) electrons. The van der Waals surface area contributed by atoms with Crippen LogP contribution in [-0.2, 0) is 6.42 Å². The number of anilines is 2. The van der Waals surface area contributed by atoms with Crippen molar-refractivity contribution in [1.29, 1.82) is 0 Å². The lowest BCUT2D eigenvalue weighted by atomic mass is 10.1. The lowest BCUT2D eigenvalue weighted by Gasteiger charge is -2.35. The summed E-state index contributed by atoms with van der Waals surface area (Å²) in [6, 6.07) is 0. The predicted octanol–water partition coefficient (Wildman–Crippen LogP) is 2.00. The number of hydrogen-bond acceptors (Lipinski definition) is 5. The van der Waals surface area contributed by atoms with E-state index in [0.29, 0.717) is 0 Å². The van der Waals surface area contributed by atoms with Crippen molar-refractivity contribution >= 4 is 11.6 Å². The average molecular weight is 277 g/mol. The van der Waals surface area contributed by atoms with E-state index in [2.05, 4.69) is 45.9 Å². The van der Waals surface area contributed by atoms with E-state index in [4.69, 9.17) is 0 Å². The summed E-state index contributed by atoms with van der Waals surface area (Å²) in [5.74, 6) is 2.14. The average Bonchev–Trinajstić information content (AvgIpc) is 2.49. The first-order valence-electron chi connectivity index (χ1n) is 7.85. The molecular formula is C15H27N5. The number of likely N-dealkylation sites (N-methyl/N-ethyl adjacent to an activating group) is 1. The topological polar surface area (TPSA) is 44.3 Å². The van der Waals surface area contributed by atoms with Crippen LogP contribution < -0.4 is 10.2 Å². The summed E-state index contributed by atoms with van der Waals surface area (Å²) in [4.78, 5) is 13.9. The zero-order valence-corrected chi connectivity index (χ0v) is 13.0. The third kappa shape index (κ3) is 3.39. The van der Waals surface area contributed by atoms with Crippen LogP contribution >= 0.6 is 0 Å². The van der Waals surface area contributed by atoms with E-state index in [1.165, 1.54) is 5.56 Å². The zero-order valence-electron chi connectivity index (χ0n) is 13.0. The molecule has 0 atom stereocenters. The third-order valence-electron chi connectivity index (χ3n) is 3.89. The molecular weight excluding hydrogens is 250 g/mol. The zero-order chi connectivity index (χ0) is 14.4. The molecule has 5 heteroatoms. The highest BCUT2D eigenvalue weighted by atomic mass is 15.3. The third-order valence-corrected chi connectivity index (χ3v) is 3.89. The lowest BCUT2D eigenvalue weighted by Crippen LogP contribution is -2.46. The van der Waals surface area contributed by atoms with Gasteiger partial charge in [0.2, 0.25) is 0 Å². The maximum absolute atomic E-state index is 4.57. The van der Waals surface area contributed by atoms with Crippen LogP contribution in [0, 0.1) is 0 Å². The van der Waals surface area contributed by atoms with Crippen LogP contribution in [0.3, 0.4) is 0 Å². The molecule has 0 saturated carbocycles. The highest BCUT2D eigenvalue weighted by Crippen LogP contribution is 2.25. The Labute approximate surface area is 122 Å². The molecule has 112 valence electrons. The quantitative estimate of drug-likeness (QED) is 0.861. The monoisotopic (exact) mass is 277 g/mol. The molecule has 0 unspecified atom stereocenters. The Morgan fingerprint density at radius 3 is 2.45 bits per heavy atom. The van der Waals surface area contributed by atoms with Crippen LogP contribution in [0.2, 0.25) is 0 Å². The van der Waals surface area contributed by atoms with E-state index in [-0.39, 0.29) is 0 Å². The highest BCUT2D eigenvalue weighted by molar-refractivity contribution is 5.59. The van der Waals surface area contributed by atoms with Crippen molar-refractivity contribution in [3.63, 3.8) is 0 Å². The van der Waals surface area contributed by atoms with E-state index in [1.807, 2.05) is 0 Å². The Morgan fingerprint density at radius 1 is 1.10 bits per heavy atom. The Bertz CT molecular complexity index is 413. The molecule has 0 aromatic carbocycles. The van der Waals surface area contributed by atoms with Gasteiger partial charge in [-0.05, 0) is 19.9 Å². The number of nitrogens with zero attached hydrogens (tertiary/aromatic N) is 4. The summed E-state index contributed by atoms with van der Waals surface area (Å²) in [7, 11) is 0. The summed E-state index contributed by atoms with van der Waals surface area (Å²) >= 11 is 0.